The van der Waals surface area contributed by atoms with E-state index in [1.165, 1.54) is 23.4 Å². The van der Waals surface area contributed by atoms with Crippen molar-refractivity contribution in [3.63, 3.8) is 0 Å². The number of hydrogen-bond donors (Lipinski definition) is 0. The molecule has 2 aromatic heterocycles. The Bertz CT molecular complexity index is 566. The lowest BCUT2D eigenvalue weighted by molar-refractivity contribution is 0.609. The molecule has 78 valence electrons. The van der Waals surface area contributed by atoms with Gasteiger partial charge in [-0.2, -0.15) is 5.10 Å². The van der Waals surface area contributed by atoms with Gasteiger partial charge in [-0.05, 0) is 0 Å². The predicted molar refractivity (Wildman–Crippen MR) is 52.2 cm³/mol. The summed E-state index contributed by atoms with van der Waals surface area (Å²) in [6, 6.07) is 1.59. The highest BCUT2D eigenvalue weighted by Crippen LogP contribution is 2.14. The quantitative estimate of drug-likeness (QED) is 0.723. The molecule has 0 aliphatic carbocycles. The summed E-state index contributed by atoms with van der Waals surface area (Å²) in [6.07, 6.45) is 5.31. The minimum absolute atomic E-state index is 0.0669. The molecule has 6 nitrogen and oxygen atoms in total. The maximum Gasteiger partial charge on any atom is 0.264 e. The molecular weight excluding hydrogens is 240 g/mol. The number of aromatic nitrogens is 4. The van der Waals surface area contributed by atoms with Crippen LogP contribution in [0.2, 0.25) is 0 Å². The maximum atomic E-state index is 11.0. The first-order valence-electron chi connectivity index (χ1n) is 3.83. The fraction of sp³-hybridized carbons (Fsp3) is 0. The summed E-state index contributed by atoms with van der Waals surface area (Å²) >= 11 is 0. The topological polar surface area (TPSA) is 77.7 Å². The highest BCUT2D eigenvalue weighted by atomic mass is 35.7. The van der Waals surface area contributed by atoms with E-state index < -0.39 is 9.05 Å². The van der Waals surface area contributed by atoms with Gasteiger partial charge in [0.1, 0.15) is 11.2 Å². The molecule has 0 aliphatic rings. The van der Waals surface area contributed by atoms with Crippen molar-refractivity contribution in [2.45, 2.75) is 4.90 Å². The summed E-state index contributed by atoms with van der Waals surface area (Å²) in [5, 5.41) is 3.82. The molecule has 0 amide bonds. The molecule has 8 heteroatoms. The van der Waals surface area contributed by atoms with Gasteiger partial charge in [-0.15, -0.1) is 0 Å². The molecule has 0 radical (unpaired) electrons. The fourth-order valence-corrected chi connectivity index (χ4v) is 1.61. The minimum Gasteiger partial charge on any atom is -0.245 e. The highest BCUT2D eigenvalue weighted by molar-refractivity contribution is 8.13. The Morgan fingerprint density at radius 3 is 2.73 bits per heavy atom. The van der Waals surface area contributed by atoms with E-state index in [1.807, 2.05) is 0 Å². The Kier molecular flexibility index (Phi) is 2.41. The lowest BCUT2D eigenvalue weighted by Crippen LogP contribution is -1.97. The van der Waals surface area contributed by atoms with E-state index in [1.54, 1.807) is 6.07 Å². The smallest absolute Gasteiger partial charge is 0.245 e. The number of rotatable bonds is 2. The minimum atomic E-state index is -3.74. The van der Waals surface area contributed by atoms with Crippen LogP contribution >= 0.6 is 10.7 Å². The van der Waals surface area contributed by atoms with Gasteiger partial charge in [0.25, 0.3) is 9.05 Å². The van der Waals surface area contributed by atoms with E-state index in [0.29, 0.717) is 5.82 Å². The molecular formula is C7H5ClN4O2S. The molecule has 0 N–H and O–H groups in total. The van der Waals surface area contributed by atoms with Crippen LogP contribution in [0.4, 0.5) is 0 Å². The van der Waals surface area contributed by atoms with E-state index in [0.717, 1.165) is 6.20 Å². The molecule has 0 atom stereocenters. The van der Waals surface area contributed by atoms with Gasteiger partial charge in [0.15, 0.2) is 5.82 Å². The number of halogens is 1. The van der Waals surface area contributed by atoms with Crippen LogP contribution in [0, 0.1) is 0 Å². The van der Waals surface area contributed by atoms with Crippen molar-refractivity contribution in [2.75, 3.05) is 0 Å². The van der Waals surface area contributed by atoms with Gasteiger partial charge in [-0.25, -0.2) is 23.1 Å². The highest BCUT2D eigenvalue weighted by Gasteiger charge is 2.13. The van der Waals surface area contributed by atoms with Crippen LogP contribution in [0.15, 0.2) is 35.9 Å². The van der Waals surface area contributed by atoms with Gasteiger partial charge in [-0.3, -0.25) is 0 Å². The van der Waals surface area contributed by atoms with Gasteiger partial charge in [0.2, 0.25) is 0 Å². The predicted octanol–water partition coefficient (Wildman–Crippen LogP) is 0.590. The molecule has 15 heavy (non-hydrogen) atoms. The normalized spacial score (nSPS) is 11.5. The van der Waals surface area contributed by atoms with Crippen LogP contribution in [-0.4, -0.2) is 28.2 Å². The van der Waals surface area contributed by atoms with Crippen molar-refractivity contribution in [2.24, 2.45) is 0 Å². The van der Waals surface area contributed by atoms with Crippen LogP contribution in [0.25, 0.3) is 5.82 Å². The van der Waals surface area contributed by atoms with E-state index in [4.69, 9.17) is 10.7 Å². The maximum absolute atomic E-state index is 11.0. The molecule has 2 aromatic rings. The zero-order valence-corrected chi connectivity index (χ0v) is 8.85. The molecule has 0 saturated heterocycles. The molecule has 0 unspecified atom stereocenters. The van der Waals surface area contributed by atoms with Crippen LogP contribution < -0.4 is 0 Å². The summed E-state index contributed by atoms with van der Waals surface area (Å²) in [7, 11) is 1.40. The van der Waals surface area contributed by atoms with Gasteiger partial charge in [0, 0.05) is 22.9 Å². The Morgan fingerprint density at radius 1 is 1.40 bits per heavy atom. The summed E-state index contributed by atoms with van der Waals surface area (Å²) in [5.74, 6) is 0.469. The van der Waals surface area contributed by atoms with Gasteiger partial charge >= 0.3 is 0 Å². The third-order valence-electron chi connectivity index (χ3n) is 1.64. The molecule has 0 aromatic carbocycles. The Hall–Kier alpha value is -1.47. The van der Waals surface area contributed by atoms with E-state index in [2.05, 4.69) is 15.1 Å². The molecule has 0 aliphatic heterocycles. The largest absolute Gasteiger partial charge is 0.264 e. The molecule has 0 bridgehead atoms. The Balaban J connectivity index is 2.46. The summed E-state index contributed by atoms with van der Waals surface area (Å²) < 4.78 is 23.2. The monoisotopic (exact) mass is 244 g/mol. The van der Waals surface area contributed by atoms with Gasteiger partial charge < -0.3 is 0 Å². The third-order valence-corrected chi connectivity index (χ3v) is 2.95. The van der Waals surface area contributed by atoms with Crippen molar-refractivity contribution >= 4 is 19.7 Å². The van der Waals surface area contributed by atoms with Crippen molar-refractivity contribution in [3.05, 3.63) is 31.0 Å². The van der Waals surface area contributed by atoms with Gasteiger partial charge in [0.05, 0.1) is 12.4 Å². The van der Waals surface area contributed by atoms with Crippen LogP contribution in [0.5, 0.6) is 0 Å². The molecule has 0 spiro atoms. The summed E-state index contributed by atoms with van der Waals surface area (Å²) in [6.45, 7) is 0. The first-order valence-corrected chi connectivity index (χ1v) is 6.14. The second-order valence-electron chi connectivity index (χ2n) is 2.63. The van der Waals surface area contributed by atoms with E-state index in [-0.39, 0.29) is 4.90 Å². The lowest BCUT2D eigenvalue weighted by Gasteiger charge is -1.96. The zero-order chi connectivity index (χ0) is 10.9. The lowest BCUT2D eigenvalue weighted by atomic mass is 10.6. The standard InChI is InChI=1S/C7H5ClN4O2S/c8-15(13,14)6-3-11-12(4-6)7-1-2-9-5-10-7/h1-5H. The number of nitrogens with zero attached hydrogens (tertiary/aromatic N) is 4. The van der Waals surface area contributed by atoms with Crippen LogP contribution in [-0.2, 0) is 9.05 Å². The first kappa shape index (κ1) is 10.1. The Morgan fingerprint density at radius 2 is 2.20 bits per heavy atom. The molecule has 2 heterocycles. The van der Waals surface area contributed by atoms with Crippen LogP contribution in [0.3, 0.4) is 0 Å². The third kappa shape index (κ3) is 2.13. The van der Waals surface area contributed by atoms with Crippen LogP contribution in [0.1, 0.15) is 0 Å². The zero-order valence-electron chi connectivity index (χ0n) is 7.28. The Labute approximate surface area is 90.0 Å². The van der Waals surface area contributed by atoms with Crippen molar-refractivity contribution in [3.8, 4) is 5.82 Å². The van der Waals surface area contributed by atoms with Crippen molar-refractivity contribution in [1.82, 2.24) is 19.7 Å². The summed E-state index contributed by atoms with van der Waals surface area (Å²) in [5.41, 5.74) is 0. The second kappa shape index (κ2) is 3.59. The first-order chi connectivity index (χ1) is 7.07. The molecule has 2 rings (SSSR count). The average molecular weight is 245 g/mol. The molecule has 0 saturated carbocycles. The van der Waals surface area contributed by atoms with Gasteiger partial charge in [-0.1, -0.05) is 0 Å². The van der Waals surface area contributed by atoms with Crippen molar-refractivity contribution < 1.29 is 8.42 Å². The molecule has 0 fully saturated rings. The second-order valence-corrected chi connectivity index (χ2v) is 5.19. The summed E-state index contributed by atoms with van der Waals surface area (Å²) in [4.78, 5) is 7.56. The van der Waals surface area contributed by atoms with Crippen molar-refractivity contribution in [1.29, 1.82) is 0 Å². The fourth-order valence-electron chi connectivity index (χ4n) is 0.977. The average Bonchev–Trinajstić information content (AvgIpc) is 2.67. The number of hydrogen-bond acceptors (Lipinski definition) is 5. The SMILES string of the molecule is O=S(=O)(Cl)c1cnn(-c2ccncn2)c1. The van der Waals surface area contributed by atoms with E-state index in [9.17, 15) is 8.42 Å². The van der Waals surface area contributed by atoms with E-state index >= 15 is 0 Å².